The van der Waals surface area contributed by atoms with Crippen LogP contribution in [0.15, 0.2) is 79.1 Å². The summed E-state index contributed by atoms with van der Waals surface area (Å²) in [6.07, 6.45) is 5.89. The Morgan fingerprint density at radius 2 is 1.46 bits per heavy atom. The van der Waals surface area contributed by atoms with Gasteiger partial charge in [0.2, 0.25) is 5.91 Å². The molecule has 1 aliphatic heterocycles. The number of benzene rings is 2. The second-order valence-corrected chi connectivity index (χ2v) is 7.32. The first-order valence-corrected chi connectivity index (χ1v) is 9.80. The van der Waals surface area contributed by atoms with Gasteiger partial charge in [-0.1, -0.05) is 42.5 Å². The quantitative estimate of drug-likeness (QED) is 0.632. The predicted molar refractivity (Wildman–Crippen MR) is 110 cm³/mol. The van der Waals surface area contributed by atoms with Crippen LogP contribution in [0.3, 0.4) is 0 Å². The van der Waals surface area contributed by atoms with Gasteiger partial charge in [-0.05, 0) is 42.7 Å². The number of piperidine rings is 1. The molecule has 4 nitrogen and oxygen atoms in total. The molecule has 2 aromatic carbocycles. The molecule has 0 atom stereocenters. The van der Waals surface area contributed by atoms with Crippen LogP contribution in [0.1, 0.15) is 28.8 Å². The third kappa shape index (κ3) is 4.06. The van der Waals surface area contributed by atoms with Gasteiger partial charge in [0, 0.05) is 42.7 Å². The summed E-state index contributed by atoms with van der Waals surface area (Å²) in [7, 11) is 0. The van der Waals surface area contributed by atoms with E-state index in [0.29, 0.717) is 19.5 Å². The molecule has 0 unspecified atom stereocenters. The number of hydrogen-bond donors (Lipinski definition) is 0. The summed E-state index contributed by atoms with van der Waals surface area (Å²) in [5, 5.41) is 0. The van der Waals surface area contributed by atoms with Crippen LogP contribution in [-0.2, 0) is 11.2 Å². The number of amides is 1. The molecule has 0 aliphatic carbocycles. The van der Waals surface area contributed by atoms with E-state index in [1.807, 2.05) is 88.6 Å². The zero-order valence-corrected chi connectivity index (χ0v) is 15.8. The van der Waals surface area contributed by atoms with E-state index >= 15 is 0 Å². The first-order chi connectivity index (χ1) is 13.7. The Hall–Kier alpha value is -3.14. The van der Waals surface area contributed by atoms with Crippen LogP contribution in [0.25, 0.3) is 5.69 Å². The van der Waals surface area contributed by atoms with Crippen LogP contribution < -0.4 is 0 Å². The van der Waals surface area contributed by atoms with Gasteiger partial charge in [-0.2, -0.15) is 0 Å². The molecule has 4 rings (SSSR count). The fourth-order valence-corrected chi connectivity index (χ4v) is 3.81. The fraction of sp³-hybridized carbons (Fsp3) is 0.250. The molecule has 28 heavy (non-hydrogen) atoms. The van der Waals surface area contributed by atoms with E-state index < -0.39 is 0 Å². The number of nitrogens with zero attached hydrogens (tertiary/aromatic N) is 2. The molecule has 0 radical (unpaired) electrons. The van der Waals surface area contributed by atoms with Crippen molar-refractivity contribution in [3.8, 4) is 5.69 Å². The zero-order chi connectivity index (χ0) is 19.3. The molecule has 0 N–H and O–H groups in total. The van der Waals surface area contributed by atoms with Gasteiger partial charge in [-0.15, -0.1) is 0 Å². The van der Waals surface area contributed by atoms with Crippen LogP contribution in [0.4, 0.5) is 0 Å². The summed E-state index contributed by atoms with van der Waals surface area (Å²) in [5.74, 6) is 0.361. The van der Waals surface area contributed by atoms with Crippen molar-refractivity contribution in [1.82, 2.24) is 9.47 Å². The van der Waals surface area contributed by atoms with Crippen molar-refractivity contribution >= 4 is 11.7 Å². The monoisotopic (exact) mass is 372 g/mol. The van der Waals surface area contributed by atoms with Gasteiger partial charge in [0.05, 0.1) is 6.42 Å². The highest BCUT2D eigenvalue weighted by Gasteiger charge is 2.27. The summed E-state index contributed by atoms with van der Waals surface area (Å²) in [5.41, 5.74) is 2.87. The average Bonchev–Trinajstić information content (AvgIpc) is 3.29. The minimum Gasteiger partial charge on any atom is -0.342 e. The summed E-state index contributed by atoms with van der Waals surface area (Å²) < 4.78 is 2.04. The number of hydrogen-bond acceptors (Lipinski definition) is 2. The lowest BCUT2D eigenvalue weighted by Gasteiger charge is -2.31. The third-order valence-electron chi connectivity index (χ3n) is 5.47. The standard InChI is InChI=1S/C24H24N2O2/c27-23(18-19-8-10-22(11-9-19)25-14-4-5-15-25)26-16-12-21(13-17-26)24(28)20-6-2-1-3-7-20/h1-11,14-15,21H,12-13,16-18H2. The van der Waals surface area contributed by atoms with Gasteiger partial charge in [0.15, 0.2) is 5.78 Å². The van der Waals surface area contributed by atoms with E-state index in [0.717, 1.165) is 29.7 Å². The van der Waals surface area contributed by atoms with Gasteiger partial charge in [-0.25, -0.2) is 0 Å². The lowest BCUT2D eigenvalue weighted by Crippen LogP contribution is -2.41. The van der Waals surface area contributed by atoms with Crippen LogP contribution in [0.5, 0.6) is 0 Å². The van der Waals surface area contributed by atoms with Crippen LogP contribution in [-0.4, -0.2) is 34.2 Å². The van der Waals surface area contributed by atoms with Gasteiger partial charge in [0.25, 0.3) is 0 Å². The number of likely N-dealkylation sites (tertiary alicyclic amines) is 1. The molecule has 142 valence electrons. The molecule has 0 saturated carbocycles. The van der Waals surface area contributed by atoms with Gasteiger partial charge in [-0.3, -0.25) is 9.59 Å². The maximum atomic E-state index is 12.7. The van der Waals surface area contributed by atoms with Crippen molar-refractivity contribution in [2.24, 2.45) is 5.92 Å². The van der Waals surface area contributed by atoms with E-state index in [-0.39, 0.29) is 17.6 Å². The topological polar surface area (TPSA) is 42.3 Å². The number of carbonyl (C=O) groups excluding carboxylic acids is 2. The lowest BCUT2D eigenvalue weighted by molar-refractivity contribution is -0.131. The van der Waals surface area contributed by atoms with Gasteiger partial charge >= 0.3 is 0 Å². The van der Waals surface area contributed by atoms with Crippen LogP contribution in [0.2, 0.25) is 0 Å². The maximum Gasteiger partial charge on any atom is 0.226 e. The number of ketones is 1. The van der Waals surface area contributed by atoms with E-state index in [2.05, 4.69) is 0 Å². The van der Waals surface area contributed by atoms with Crippen molar-refractivity contribution < 1.29 is 9.59 Å². The molecule has 1 aromatic heterocycles. The van der Waals surface area contributed by atoms with Crippen molar-refractivity contribution in [1.29, 1.82) is 0 Å². The minimum atomic E-state index is 0.0207. The van der Waals surface area contributed by atoms with Gasteiger partial charge in [0.1, 0.15) is 0 Å². The maximum absolute atomic E-state index is 12.7. The number of rotatable bonds is 5. The molecule has 4 heteroatoms. The van der Waals surface area contributed by atoms with Crippen LogP contribution >= 0.6 is 0 Å². The molecule has 0 bridgehead atoms. The van der Waals surface area contributed by atoms with E-state index in [1.165, 1.54) is 0 Å². The molecule has 1 saturated heterocycles. The Morgan fingerprint density at radius 3 is 2.11 bits per heavy atom. The fourth-order valence-electron chi connectivity index (χ4n) is 3.81. The molecule has 3 aromatic rings. The van der Waals surface area contributed by atoms with Crippen LogP contribution in [0, 0.1) is 5.92 Å². The Bertz CT molecular complexity index is 923. The first-order valence-electron chi connectivity index (χ1n) is 9.80. The van der Waals surface area contributed by atoms with Crippen molar-refractivity contribution in [2.45, 2.75) is 19.3 Å². The Morgan fingerprint density at radius 1 is 0.821 bits per heavy atom. The average molecular weight is 372 g/mol. The molecule has 2 heterocycles. The van der Waals surface area contributed by atoms with Crippen molar-refractivity contribution in [3.63, 3.8) is 0 Å². The summed E-state index contributed by atoms with van der Waals surface area (Å²) >= 11 is 0. The highest BCUT2D eigenvalue weighted by atomic mass is 16.2. The third-order valence-corrected chi connectivity index (χ3v) is 5.47. The second kappa shape index (κ2) is 8.26. The summed E-state index contributed by atoms with van der Waals surface area (Å²) in [4.78, 5) is 27.2. The number of aromatic nitrogens is 1. The second-order valence-electron chi connectivity index (χ2n) is 7.32. The number of Topliss-reactive ketones (excluding diaryl/α,β-unsaturated/α-hetero) is 1. The SMILES string of the molecule is O=C(c1ccccc1)C1CCN(C(=O)Cc2ccc(-n3cccc3)cc2)CC1. The highest BCUT2D eigenvalue weighted by Crippen LogP contribution is 2.22. The Kier molecular flexibility index (Phi) is 5.38. The van der Waals surface area contributed by atoms with Gasteiger partial charge < -0.3 is 9.47 Å². The highest BCUT2D eigenvalue weighted by molar-refractivity contribution is 5.98. The Balaban J connectivity index is 1.31. The lowest BCUT2D eigenvalue weighted by atomic mass is 9.88. The largest absolute Gasteiger partial charge is 0.342 e. The van der Waals surface area contributed by atoms with Crippen molar-refractivity contribution in [2.75, 3.05) is 13.1 Å². The van der Waals surface area contributed by atoms with Crippen molar-refractivity contribution in [3.05, 3.63) is 90.3 Å². The van der Waals surface area contributed by atoms with E-state index in [1.54, 1.807) is 0 Å². The van der Waals surface area contributed by atoms with E-state index in [9.17, 15) is 9.59 Å². The Labute approximate surface area is 165 Å². The molecule has 1 aliphatic rings. The normalized spacial score (nSPS) is 14.8. The molecule has 1 amide bonds. The summed E-state index contributed by atoms with van der Waals surface area (Å²) in [6, 6.07) is 21.5. The molecule has 0 spiro atoms. The molecular weight excluding hydrogens is 348 g/mol. The number of carbonyl (C=O) groups is 2. The van der Waals surface area contributed by atoms with E-state index in [4.69, 9.17) is 0 Å². The summed E-state index contributed by atoms with van der Waals surface area (Å²) in [6.45, 7) is 1.31. The predicted octanol–water partition coefficient (Wildman–Crippen LogP) is 4.14. The molecular formula is C24H24N2O2. The smallest absolute Gasteiger partial charge is 0.226 e. The minimum absolute atomic E-state index is 0.0207. The zero-order valence-electron chi connectivity index (χ0n) is 15.8. The first kappa shape index (κ1) is 18.2. The molecule has 1 fully saturated rings.